The Hall–Kier alpha value is -3.74. The molecule has 4 aromatic rings. The quantitative estimate of drug-likeness (QED) is 0.540. The number of nitrogens with zero attached hydrogens (tertiary/aromatic N) is 3. The maximum atomic E-state index is 12.4. The van der Waals surface area contributed by atoms with E-state index in [4.69, 9.17) is 9.26 Å². The van der Waals surface area contributed by atoms with Gasteiger partial charge in [0.2, 0.25) is 5.82 Å². The van der Waals surface area contributed by atoms with Crippen LogP contribution in [0.25, 0.3) is 22.6 Å². The van der Waals surface area contributed by atoms with Crippen LogP contribution in [-0.4, -0.2) is 26.3 Å². The highest BCUT2D eigenvalue weighted by atomic mass is 16.6. The molecule has 0 saturated carbocycles. The lowest BCUT2D eigenvalue weighted by atomic mass is 10.1. The molecule has 0 amide bonds. The number of hydrogen-bond donors (Lipinski definition) is 1. The van der Waals surface area contributed by atoms with Gasteiger partial charge in [-0.25, -0.2) is 4.79 Å². The second-order valence-electron chi connectivity index (χ2n) is 5.90. The number of nitrogens with one attached hydrogen (secondary N) is 1. The third kappa shape index (κ3) is 3.62. The number of ether oxygens (including phenoxy) is 1. The Morgan fingerprint density at radius 3 is 2.41 bits per heavy atom. The fourth-order valence-corrected chi connectivity index (χ4v) is 2.56. The molecule has 2 heterocycles. The Kier molecular flexibility index (Phi) is 4.49. The van der Waals surface area contributed by atoms with Crippen molar-refractivity contribution >= 4 is 5.97 Å². The van der Waals surface area contributed by atoms with Crippen LogP contribution in [0, 0.1) is 0 Å². The van der Waals surface area contributed by atoms with Crippen molar-refractivity contribution in [3.05, 3.63) is 78.3 Å². The van der Waals surface area contributed by atoms with E-state index in [0.717, 1.165) is 11.1 Å². The molecule has 134 valence electrons. The summed E-state index contributed by atoms with van der Waals surface area (Å²) in [5, 5.41) is 10.8. The molecule has 27 heavy (non-hydrogen) atoms. The Bertz CT molecular complexity index is 1040. The van der Waals surface area contributed by atoms with Crippen LogP contribution in [0.15, 0.2) is 71.3 Å². The normalized spacial score (nSPS) is 11.9. The van der Waals surface area contributed by atoms with Gasteiger partial charge in [0.05, 0.1) is 5.69 Å². The molecule has 0 aliphatic carbocycles. The summed E-state index contributed by atoms with van der Waals surface area (Å²) in [7, 11) is 0. The van der Waals surface area contributed by atoms with Crippen molar-refractivity contribution in [1.29, 1.82) is 0 Å². The second kappa shape index (κ2) is 7.25. The lowest BCUT2D eigenvalue weighted by Gasteiger charge is -2.07. The number of esters is 1. The number of hydrogen-bond acceptors (Lipinski definition) is 6. The zero-order valence-corrected chi connectivity index (χ0v) is 14.5. The van der Waals surface area contributed by atoms with Crippen LogP contribution in [0.1, 0.15) is 29.4 Å². The highest BCUT2D eigenvalue weighted by Gasteiger charge is 2.21. The van der Waals surface area contributed by atoms with E-state index in [1.807, 2.05) is 60.7 Å². The van der Waals surface area contributed by atoms with Crippen LogP contribution in [0.3, 0.4) is 0 Å². The van der Waals surface area contributed by atoms with Crippen LogP contribution in [-0.2, 0) is 4.74 Å². The summed E-state index contributed by atoms with van der Waals surface area (Å²) in [6, 6.07) is 20.6. The van der Waals surface area contributed by atoms with Gasteiger partial charge in [-0.3, -0.25) is 5.10 Å². The Balaban J connectivity index is 1.46. The third-order valence-corrected chi connectivity index (χ3v) is 3.97. The second-order valence-corrected chi connectivity index (χ2v) is 5.90. The largest absolute Gasteiger partial charge is 0.448 e. The van der Waals surface area contributed by atoms with E-state index in [-0.39, 0.29) is 11.6 Å². The molecule has 7 heteroatoms. The van der Waals surface area contributed by atoms with Gasteiger partial charge in [0.25, 0.3) is 5.89 Å². The average molecular weight is 360 g/mol. The van der Waals surface area contributed by atoms with Gasteiger partial charge >= 0.3 is 5.97 Å². The van der Waals surface area contributed by atoms with E-state index in [2.05, 4.69) is 20.3 Å². The SMILES string of the molecule is C[C@H](OC(=O)c1cc(-c2ccccc2)n[nH]1)c1nc(-c2ccccc2)no1. The molecule has 0 aliphatic rings. The molecular weight excluding hydrogens is 344 g/mol. The predicted octanol–water partition coefficient (Wildman–Crippen LogP) is 4.04. The van der Waals surface area contributed by atoms with Crippen LogP contribution in [0.2, 0.25) is 0 Å². The number of rotatable bonds is 5. The number of aromatic amines is 1. The van der Waals surface area contributed by atoms with E-state index in [9.17, 15) is 4.79 Å². The molecule has 1 atom stereocenters. The fourth-order valence-electron chi connectivity index (χ4n) is 2.56. The number of aromatic nitrogens is 4. The molecule has 0 radical (unpaired) electrons. The van der Waals surface area contributed by atoms with E-state index >= 15 is 0 Å². The van der Waals surface area contributed by atoms with Gasteiger partial charge < -0.3 is 9.26 Å². The minimum Gasteiger partial charge on any atom is -0.448 e. The van der Waals surface area contributed by atoms with Crippen molar-refractivity contribution < 1.29 is 14.1 Å². The van der Waals surface area contributed by atoms with Crippen molar-refractivity contribution in [2.45, 2.75) is 13.0 Å². The van der Waals surface area contributed by atoms with Crippen molar-refractivity contribution in [2.75, 3.05) is 0 Å². The zero-order chi connectivity index (χ0) is 18.6. The molecule has 4 rings (SSSR count). The van der Waals surface area contributed by atoms with Crippen LogP contribution in [0.4, 0.5) is 0 Å². The standard InChI is InChI=1S/C20H16N4O3/c1-13(19-21-18(24-27-19)15-10-6-3-7-11-15)26-20(25)17-12-16(22-23-17)14-8-4-2-5-9-14/h2-13H,1H3,(H,22,23)/t13-/m0/s1. The summed E-state index contributed by atoms with van der Waals surface area (Å²) in [4.78, 5) is 16.7. The molecule has 2 aromatic carbocycles. The smallest absolute Gasteiger partial charge is 0.357 e. The molecule has 0 spiro atoms. The van der Waals surface area contributed by atoms with Gasteiger partial charge in [-0.15, -0.1) is 0 Å². The fraction of sp³-hybridized carbons (Fsp3) is 0.100. The summed E-state index contributed by atoms with van der Waals surface area (Å²) < 4.78 is 10.6. The van der Waals surface area contributed by atoms with E-state index in [1.165, 1.54) is 0 Å². The number of carbonyl (C=O) groups excluding carboxylic acids is 1. The molecule has 0 bridgehead atoms. The zero-order valence-electron chi connectivity index (χ0n) is 14.5. The third-order valence-electron chi connectivity index (χ3n) is 3.97. The van der Waals surface area contributed by atoms with Gasteiger partial charge in [0, 0.05) is 11.1 Å². The summed E-state index contributed by atoms with van der Waals surface area (Å²) in [5.74, 6) is 0.128. The van der Waals surface area contributed by atoms with Crippen LogP contribution < -0.4 is 0 Å². The topological polar surface area (TPSA) is 93.9 Å². The molecular formula is C20H16N4O3. The molecule has 2 aromatic heterocycles. The summed E-state index contributed by atoms with van der Waals surface area (Å²) in [6.07, 6.45) is -0.689. The Morgan fingerprint density at radius 1 is 1.04 bits per heavy atom. The minimum absolute atomic E-state index is 0.227. The molecule has 0 saturated heterocycles. The maximum absolute atomic E-state index is 12.4. The van der Waals surface area contributed by atoms with Crippen molar-refractivity contribution in [3.8, 4) is 22.6 Å². The molecule has 7 nitrogen and oxygen atoms in total. The highest BCUT2D eigenvalue weighted by molar-refractivity contribution is 5.88. The lowest BCUT2D eigenvalue weighted by molar-refractivity contribution is 0.0258. The van der Waals surface area contributed by atoms with E-state index in [1.54, 1.807) is 13.0 Å². The van der Waals surface area contributed by atoms with Crippen molar-refractivity contribution in [3.63, 3.8) is 0 Å². The summed E-state index contributed by atoms with van der Waals surface area (Å²) in [6.45, 7) is 1.68. The lowest BCUT2D eigenvalue weighted by Crippen LogP contribution is -2.10. The van der Waals surface area contributed by atoms with Gasteiger partial charge in [-0.1, -0.05) is 65.8 Å². The Labute approximate surface area is 155 Å². The van der Waals surface area contributed by atoms with Crippen molar-refractivity contribution in [2.24, 2.45) is 0 Å². The average Bonchev–Trinajstić information content (AvgIpc) is 3.39. The molecule has 0 aliphatic heterocycles. The first-order valence-electron chi connectivity index (χ1n) is 8.41. The van der Waals surface area contributed by atoms with Crippen LogP contribution in [0.5, 0.6) is 0 Å². The number of H-pyrrole nitrogens is 1. The Morgan fingerprint density at radius 2 is 1.70 bits per heavy atom. The predicted molar refractivity (Wildman–Crippen MR) is 97.6 cm³/mol. The first-order valence-corrected chi connectivity index (χ1v) is 8.41. The van der Waals surface area contributed by atoms with Gasteiger partial charge in [-0.05, 0) is 13.0 Å². The van der Waals surface area contributed by atoms with Gasteiger partial charge in [0.15, 0.2) is 6.10 Å². The molecule has 1 N–H and O–H groups in total. The number of carbonyl (C=O) groups is 1. The first-order chi connectivity index (χ1) is 13.2. The van der Waals surface area contributed by atoms with Gasteiger partial charge in [0.1, 0.15) is 5.69 Å². The maximum Gasteiger partial charge on any atom is 0.357 e. The van der Waals surface area contributed by atoms with E-state index < -0.39 is 12.1 Å². The van der Waals surface area contributed by atoms with Crippen LogP contribution >= 0.6 is 0 Å². The summed E-state index contributed by atoms with van der Waals surface area (Å²) in [5.41, 5.74) is 2.65. The van der Waals surface area contributed by atoms with Gasteiger partial charge in [-0.2, -0.15) is 10.1 Å². The monoisotopic (exact) mass is 360 g/mol. The number of benzene rings is 2. The molecule has 0 fully saturated rings. The first kappa shape index (κ1) is 16.7. The van der Waals surface area contributed by atoms with Crippen molar-refractivity contribution in [1.82, 2.24) is 20.3 Å². The minimum atomic E-state index is -0.689. The highest BCUT2D eigenvalue weighted by Crippen LogP contribution is 2.22. The summed E-state index contributed by atoms with van der Waals surface area (Å²) >= 11 is 0. The molecule has 0 unspecified atom stereocenters. The van der Waals surface area contributed by atoms with E-state index in [0.29, 0.717) is 11.5 Å².